The molecule has 0 rings (SSSR count). The van der Waals surface area contributed by atoms with E-state index in [-0.39, 0.29) is 10.8 Å². The third-order valence-corrected chi connectivity index (χ3v) is 1.93. The molecule has 0 aromatic heterocycles. The summed E-state index contributed by atoms with van der Waals surface area (Å²) in [6, 6.07) is 0. The van der Waals surface area contributed by atoms with E-state index in [9.17, 15) is 4.79 Å². The highest BCUT2D eigenvalue weighted by atomic mass is 16.4. The summed E-state index contributed by atoms with van der Waals surface area (Å²) in [4.78, 5) is 10.7. The van der Waals surface area contributed by atoms with Gasteiger partial charge in [0.25, 0.3) is 0 Å². The fraction of sp³-hybridized carbons (Fsp3) is 0.750. The summed E-state index contributed by atoms with van der Waals surface area (Å²) >= 11 is 0. The zero-order valence-corrected chi connectivity index (χ0v) is 10.1. The first-order chi connectivity index (χ1) is 6.03. The Bertz CT molecular complexity index is 242. The molecule has 0 atom stereocenters. The number of aliphatic carboxylic acids is 1. The normalized spacial score (nSPS) is 14.3. The zero-order chi connectivity index (χ0) is 11.6. The van der Waals surface area contributed by atoms with Crippen molar-refractivity contribution in [2.75, 3.05) is 0 Å². The number of carboxylic acid groups (broad SMARTS) is 1. The number of carbonyl (C=O) groups is 1. The molecular formula is C12H22O2. The van der Waals surface area contributed by atoms with Gasteiger partial charge in [-0.2, -0.15) is 0 Å². The molecule has 0 aromatic rings. The molecule has 0 aromatic carbocycles. The minimum Gasteiger partial charge on any atom is -0.478 e. The van der Waals surface area contributed by atoms with Gasteiger partial charge in [-0.15, -0.1) is 0 Å². The fourth-order valence-corrected chi connectivity index (χ4v) is 2.07. The second kappa shape index (κ2) is 4.16. The molecular weight excluding hydrogens is 176 g/mol. The number of carboxylic acids is 1. The maximum absolute atomic E-state index is 10.7. The lowest BCUT2D eigenvalue weighted by molar-refractivity contribution is -0.132. The van der Waals surface area contributed by atoms with Crippen molar-refractivity contribution >= 4 is 5.97 Å². The number of allylic oxidation sites excluding steroid dienone is 1. The van der Waals surface area contributed by atoms with Gasteiger partial charge in [-0.25, -0.2) is 4.79 Å². The van der Waals surface area contributed by atoms with Crippen molar-refractivity contribution in [3.8, 4) is 0 Å². The Balaban J connectivity index is 4.64. The van der Waals surface area contributed by atoms with Gasteiger partial charge in [-0.1, -0.05) is 40.7 Å². The van der Waals surface area contributed by atoms with E-state index in [0.29, 0.717) is 5.57 Å². The Kier molecular flexibility index (Phi) is 3.92. The molecule has 0 fully saturated rings. The van der Waals surface area contributed by atoms with Gasteiger partial charge in [-0.05, 0) is 24.2 Å². The van der Waals surface area contributed by atoms with Crippen molar-refractivity contribution in [2.24, 2.45) is 10.8 Å². The standard InChI is InChI=1S/C12H22O2/c1-9(10(13)14)7-12(5,6)8-11(2,3)4/h7H,8H2,1-6H3,(H,13,14). The van der Waals surface area contributed by atoms with Crippen molar-refractivity contribution in [3.63, 3.8) is 0 Å². The van der Waals surface area contributed by atoms with Gasteiger partial charge in [0, 0.05) is 5.57 Å². The third kappa shape index (κ3) is 5.79. The minimum absolute atomic E-state index is 0.0548. The van der Waals surface area contributed by atoms with E-state index in [4.69, 9.17) is 5.11 Å². The molecule has 82 valence electrons. The summed E-state index contributed by atoms with van der Waals surface area (Å²) < 4.78 is 0. The summed E-state index contributed by atoms with van der Waals surface area (Å²) in [5.41, 5.74) is 0.596. The van der Waals surface area contributed by atoms with Crippen LogP contribution in [0.5, 0.6) is 0 Å². The van der Waals surface area contributed by atoms with E-state index in [2.05, 4.69) is 34.6 Å². The molecule has 0 unspecified atom stereocenters. The molecule has 0 spiro atoms. The Hall–Kier alpha value is -0.790. The summed E-state index contributed by atoms with van der Waals surface area (Å²) in [6.07, 6.45) is 2.82. The molecule has 0 saturated carbocycles. The van der Waals surface area contributed by atoms with E-state index in [1.807, 2.05) is 6.08 Å². The van der Waals surface area contributed by atoms with Crippen molar-refractivity contribution in [3.05, 3.63) is 11.6 Å². The van der Waals surface area contributed by atoms with Crippen LogP contribution >= 0.6 is 0 Å². The van der Waals surface area contributed by atoms with Crippen LogP contribution in [0.2, 0.25) is 0 Å². The van der Waals surface area contributed by atoms with E-state index in [1.54, 1.807) is 6.92 Å². The Morgan fingerprint density at radius 2 is 1.64 bits per heavy atom. The van der Waals surface area contributed by atoms with Gasteiger partial charge in [0.15, 0.2) is 0 Å². The van der Waals surface area contributed by atoms with Crippen LogP contribution in [0.3, 0.4) is 0 Å². The first-order valence-electron chi connectivity index (χ1n) is 4.96. The molecule has 0 bridgehead atoms. The predicted molar refractivity (Wildman–Crippen MR) is 59.2 cm³/mol. The maximum Gasteiger partial charge on any atom is 0.330 e. The Morgan fingerprint density at radius 3 is 1.93 bits per heavy atom. The lowest BCUT2D eigenvalue weighted by atomic mass is 9.75. The number of hydrogen-bond donors (Lipinski definition) is 1. The highest BCUT2D eigenvalue weighted by Crippen LogP contribution is 2.34. The largest absolute Gasteiger partial charge is 0.478 e. The quantitative estimate of drug-likeness (QED) is 0.705. The van der Waals surface area contributed by atoms with Gasteiger partial charge >= 0.3 is 5.97 Å². The lowest BCUT2D eigenvalue weighted by Crippen LogP contribution is -2.19. The highest BCUT2D eigenvalue weighted by molar-refractivity contribution is 5.85. The van der Waals surface area contributed by atoms with Crippen LogP contribution in [-0.4, -0.2) is 11.1 Å². The van der Waals surface area contributed by atoms with Crippen molar-refractivity contribution in [1.82, 2.24) is 0 Å². The average Bonchev–Trinajstić information content (AvgIpc) is 1.78. The molecule has 0 heterocycles. The Morgan fingerprint density at radius 1 is 1.21 bits per heavy atom. The van der Waals surface area contributed by atoms with Crippen LogP contribution in [-0.2, 0) is 4.79 Å². The molecule has 0 aliphatic heterocycles. The number of rotatable bonds is 3. The van der Waals surface area contributed by atoms with E-state index >= 15 is 0 Å². The average molecular weight is 198 g/mol. The lowest BCUT2D eigenvalue weighted by Gasteiger charge is -2.30. The van der Waals surface area contributed by atoms with E-state index in [0.717, 1.165) is 6.42 Å². The predicted octanol–water partition coefficient (Wildman–Crippen LogP) is 3.48. The van der Waals surface area contributed by atoms with Crippen LogP contribution < -0.4 is 0 Å². The molecule has 0 aliphatic rings. The topological polar surface area (TPSA) is 37.3 Å². The van der Waals surface area contributed by atoms with Crippen molar-refractivity contribution < 1.29 is 9.90 Å². The molecule has 0 saturated heterocycles. The minimum atomic E-state index is -0.827. The second-order valence-electron chi connectivity index (χ2n) is 5.86. The summed E-state index contributed by atoms with van der Waals surface area (Å²) in [6.45, 7) is 12.3. The molecule has 0 radical (unpaired) electrons. The van der Waals surface area contributed by atoms with Gasteiger partial charge in [0.2, 0.25) is 0 Å². The van der Waals surface area contributed by atoms with Crippen LogP contribution in [0.4, 0.5) is 0 Å². The summed E-state index contributed by atoms with van der Waals surface area (Å²) in [7, 11) is 0. The van der Waals surface area contributed by atoms with E-state index in [1.165, 1.54) is 0 Å². The summed E-state index contributed by atoms with van der Waals surface area (Å²) in [5, 5.41) is 8.78. The molecule has 0 amide bonds. The molecule has 0 aliphatic carbocycles. The van der Waals surface area contributed by atoms with Crippen molar-refractivity contribution in [1.29, 1.82) is 0 Å². The SMILES string of the molecule is CC(=CC(C)(C)CC(C)(C)C)C(=O)O. The third-order valence-electron chi connectivity index (χ3n) is 1.93. The summed E-state index contributed by atoms with van der Waals surface area (Å²) in [5.74, 6) is -0.827. The van der Waals surface area contributed by atoms with Crippen molar-refractivity contribution in [2.45, 2.75) is 48.0 Å². The Labute approximate surface area is 87.0 Å². The fourth-order valence-electron chi connectivity index (χ4n) is 2.07. The van der Waals surface area contributed by atoms with Gasteiger partial charge in [-0.3, -0.25) is 0 Å². The molecule has 2 nitrogen and oxygen atoms in total. The van der Waals surface area contributed by atoms with E-state index < -0.39 is 5.97 Å². The number of hydrogen-bond acceptors (Lipinski definition) is 1. The maximum atomic E-state index is 10.7. The smallest absolute Gasteiger partial charge is 0.330 e. The zero-order valence-electron chi connectivity index (χ0n) is 10.1. The first-order valence-corrected chi connectivity index (χ1v) is 4.96. The monoisotopic (exact) mass is 198 g/mol. The van der Waals surface area contributed by atoms with Crippen LogP contribution in [0.15, 0.2) is 11.6 Å². The molecule has 1 N–H and O–H groups in total. The highest BCUT2D eigenvalue weighted by Gasteiger charge is 2.24. The van der Waals surface area contributed by atoms with Gasteiger partial charge in [0.05, 0.1) is 0 Å². The van der Waals surface area contributed by atoms with Gasteiger partial charge in [0.1, 0.15) is 0 Å². The first kappa shape index (κ1) is 13.2. The van der Waals surface area contributed by atoms with Crippen LogP contribution in [0, 0.1) is 10.8 Å². The van der Waals surface area contributed by atoms with Crippen LogP contribution in [0.25, 0.3) is 0 Å². The molecule has 14 heavy (non-hydrogen) atoms. The van der Waals surface area contributed by atoms with Crippen LogP contribution in [0.1, 0.15) is 48.0 Å². The molecule has 2 heteroatoms. The second-order valence-corrected chi connectivity index (χ2v) is 5.86. The van der Waals surface area contributed by atoms with Gasteiger partial charge < -0.3 is 5.11 Å².